The Morgan fingerprint density at radius 3 is 2.71 bits per heavy atom. The maximum absolute atomic E-state index is 13.1. The topological polar surface area (TPSA) is 63.4 Å². The molecule has 0 radical (unpaired) electrons. The molecule has 110 valence electrons. The summed E-state index contributed by atoms with van der Waals surface area (Å²) in [5, 5.41) is -0.141. The average molecular weight is 327 g/mol. The lowest BCUT2D eigenvalue weighted by atomic mass is 10.1. The number of nitrogens with zero attached hydrogens (tertiary/aromatic N) is 1. The van der Waals surface area contributed by atoms with Gasteiger partial charge in [-0.3, -0.25) is 4.31 Å². The molecule has 1 heterocycles. The quantitative estimate of drug-likeness (QED) is 0.863. The lowest BCUT2D eigenvalue weighted by Gasteiger charge is -2.21. The number of nitrogen functional groups attached to an aromatic ring is 1. The monoisotopic (exact) mass is 326 g/mol. The van der Waals surface area contributed by atoms with Crippen LogP contribution >= 0.6 is 11.6 Å². The first-order chi connectivity index (χ1) is 9.91. The maximum atomic E-state index is 13.1. The van der Waals surface area contributed by atoms with Crippen LogP contribution in [-0.4, -0.2) is 15.0 Å². The Balaban J connectivity index is 2.14. The molecule has 21 heavy (non-hydrogen) atoms. The first-order valence-corrected chi connectivity index (χ1v) is 8.08. The Morgan fingerprint density at radius 2 is 2.00 bits per heavy atom. The van der Waals surface area contributed by atoms with Crippen molar-refractivity contribution in [3.05, 3.63) is 52.8 Å². The fourth-order valence-electron chi connectivity index (χ4n) is 2.49. The summed E-state index contributed by atoms with van der Waals surface area (Å²) in [6.07, 6.45) is 0.582. The molecule has 0 fully saturated rings. The molecular formula is C14H12ClFN2O2S. The minimum Gasteiger partial charge on any atom is -0.397 e. The number of rotatable bonds is 2. The number of hydrogen-bond donors (Lipinski definition) is 1. The molecule has 0 atom stereocenters. The van der Waals surface area contributed by atoms with E-state index in [1.165, 1.54) is 10.4 Å². The van der Waals surface area contributed by atoms with Crippen LogP contribution in [0.2, 0.25) is 5.02 Å². The lowest BCUT2D eigenvalue weighted by molar-refractivity contribution is 0.591. The number of para-hydroxylation sites is 1. The van der Waals surface area contributed by atoms with Crippen molar-refractivity contribution >= 4 is 33.0 Å². The van der Waals surface area contributed by atoms with Gasteiger partial charge in [-0.1, -0.05) is 23.7 Å². The summed E-state index contributed by atoms with van der Waals surface area (Å²) in [6, 6.07) is 8.51. The predicted molar refractivity (Wildman–Crippen MR) is 80.5 cm³/mol. The second-order valence-corrected chi connectivity index (χ2v) is 6.99. The zero-order chi connectivity index (χ0) is 15.2. The third-order valence-electron chi connectivity index (χ3n) is 3.45. The second kappa shape index (κ2) is 4.89. The lowest BCUT2D eigenvalue weighted by Crippen LogP contribution is -2.30. The summed E-state index contributed by atoms with van der Waals surface area (Å²) in [7, 11) is -3.87. The number of benzene rings is 2. The molecular weight excluding hydrogens is 315 g/mol. The molecule has 1 aliphatic rings. The minimum absolute atomic E-state index is 0.123. The van der Waals surface area contributed by atoms with Gasteiger partial charge in [0.15, 0.2) is 0 Å². The highest BCUT2D eigenvalue weighted by Crippen LogP contribution is 2.38. The maximum Gasteiger partial charge on any atom is 0.265 e. The average Bonchev–Trinajstić information content (AvgIpc) is 2.84. The van der Waals surface area contributed by atoms with Gasteiger partial charge in [0.2, 0.25) is 0 Å². The Hall–Kier alpha value is -1.79. The Morgan fingerprint density at radius 1 is 1.24 bits per heavy atom. The van der Waals surface area contributed by atoms with E-state index in [-0.39, 0.29) is 9.92 Å². The van der Waals surface area contributed by atoms with Crippen molar-refractivity contribution in [3.63, 3.8) is 0 Å². The van der Waals surface area contributed by atoms with Crippen molar-refractivity contribution in [2.45, 2.75) is 11.3 Å². The molecule has 2 aromatic rings. The van der Waals surface area contributed by atoms with Gasteiger partial charge in [0.25, 0.3) is 10.0 Å². The Bertz CT molecular complexity index is 824. The van der Waals surface area contributed by atoms with Gasteiger partial charge in [-0.15, -0.1) is 0 Å². The van der Waals surface area contributed by atoms with E-state index >= 15 is 0 Å². The SMILES string of the molecule is Nc1cccc2c1N(S(=O)(=O)c1ccc(F)cc1Cl)CC2. The van der Waals surface area contributed by atoms with Gasteiger partial charge in [0.05, 0.1) is 16.4 Å². The zero-order valence-corrected chi connectivity index (χ0v) is 12.5. The van der Waals surface area contributed by atoms with Crippen LogP contribution in [0.5, 0.6) is 0 Å². The van der Waals surface area contributed by atoms with Gasteiger partial charge in [-0.25, -0.2) is 12.8 Å². The van der Waals surface area contributed by atoms with Gasteiger partial charge in [-0.2, -0.15) is 0 Å². The van der Waals surface area contributed by atoms with Crippen LogP contribution < -0.4 is 10.0 Å². The molecule has 0 amide bonds. The van der Waals surface area contributed by atoms with Gasteiger partial charge in [0, 0.05) is 6.54 Å². The molecule has 7 heteroatoms. The van der Waals surface area contributed by atoms with Crippen LogP contribution in [0.3, 0.4) is 0 Å². The summed E-state index contributed by atoms with van der Waals surface area (Å²) in [6.45, 7) is 0.291. The van der Waals surface area contributed by atoms with Crippen molar-refractivity contribution in [1.82, 2.24) is 0 Å². The third kappa shape index (κ3) is 2.24. The summed E-state index contributed by atoms with van der Waals surface area (Å²) in [4.78, 5) is -0.123. The van der Waals surface area contributed by atoms with Crippen LogP contribution in [0, 0.1) is 5.82 Å². The molecule has 3 rings (SSSR count). The van der Waals surface area contributed by atoms with E-state index in [9.17, 15) is 12.8 Å². The number of hydrogen-bond acceptors (Lipinski definition) is 3. The zero-order valence-electron chi connectivity index (χ0n) is 10.9. The second-order valence-electron chi connectivity index (χ2n) is 4.76. The molecule has 0 aromatic heterocycles. The Labute approximate surface area is 127 Å². The molecule has 0 bridgehead atoms. The highest BCUT2D eigenvalue weighted by Gasteiger charge is 2.33. The van der Waals surface area contributed by atoms with Gasteiger partial charge >= 0.3 is 0 Å². The van der Waals surface area contributed by atoms with E-state index < -0.39 is 15.8 Å². The van der Waals surface area contributed by atoms with E-state index in [0.29, 0.717) is 24.3 Å². The highest BCUT2D eigenvalue weighted by atomic mass is 35.5. The van der Waals surface area contributed by atoms with E-state index in [1.54, 1.807) is 12.1 Å². The number of fused-ring (bicyclic) bond motifs is 1. The molecule has 0 saturated heterocycles. The number of anilines is 2. The van der Waals surface area contributed by atoms with Crippen molar-refractivity contribution in [2.75, 3.05) is 16.6 Å². The van der Waals surface area contributed by atoms with Crippen molar-refractivity contribution in [1.29, 1.82) is 0 Å². The highest BCUT2D eigenvalue weighted by molar-refractivity contribution is 7.93. The van der Waals surface area contributed by atoms with Gasteiger partial charge in [-0.05, 0) is 36.2 Å². The van der Waals surface area contributed by atoms with E-state index in [0.717, 1.165) is 17.7 Å². The predicted octanol–water partition coefficient (Wildman–Crippen LogP) is 2.81. The van der Waals surface area contributed by atoms with Crippen LogP contribution in [-0.2, 0) is 16.4 Å². The summed E-state index contributed by atoms with van der Waals surface area (Å²) in [5.41, 5.74) is 7.65. The fourth-order valence-corrected chi connectivity index (χ4v) is 4.53. The number of halogens is 2. The molecule has 0 saturated carbocycles. The van der Waals surface area contributed by atoms with Gasteiger partial charge < -0.3 is 5.73 Å². The van der Waals surface area contributed by atoms with Crippen molar-refractivity contribution in [3.8, 4) is 0 Å². The van der Waals surface area contributed by atoms with E-state index in [4.69, 9.17) is 17.3 Å². The number of sulfonamides is 1. The summed E-state index contributed by atoms with van der Waals surface area (Å²) < 4.78 is 39.8. The molecule has 0 spiro atoms. The molecule has 0 unspecified atom stereocenters. The summed E-state index contributed by atoms with van der Waals surface area (Å²) in [5.74, 6) is -0.583. The van der Waals surface area contributed by atoms with Crippen molar-refractivity contribution < 1.29 is 12.8 Å². The Kier molecular flexibility index (Phi) is 3.30. The third-order valence-corrected chi connectivity index (χ3v) is 5.73. The smallest absolute Gasteiger partial charge is 0.265 e. The van der Waals surface area contributed by atoms with Crippen LogP contribution in [0.4, 0.5) is 15.8 Å². The summed E-state index contributed by atoms with van der Waals surface area (Å²) >= 11 is 5.88. The van der Waals surface area contributed by atoms with E-state index in [1.807, 2.05) is 6.07 Å². The first-order valence-electron chi connectivity index (χ1n) is 6.26. The van der Waals surface area contributed by atoms with Crippen LogP contribution in [0.15, 0.2) is 41.3 Å². The fraction of sp³-hybridized carbons (Fsp3) is 0.143. The molecule has 2 N–H and O–H groups in total. The standard InChI is InChI=1S/C14H12ClFN2O2S/c15-11-8-10(16)4-5-13(11)21(19,20)18-7-6-9-2-1-3-12(17)14(9)18/h1-5,8H,6-7,17H2. The van der Waals surface area contributed by atoms with E-state index in [2.05, 4.69) is 0 Å². The molecule has 1 aliphatic heterocycles. The normalized spacial score (nSPS) is 14.3. The van der Waals surface area contributed by atoms with Gasteiger partial charge in [0.1, 0.15) is 10.7 Å². The number of nitrogens with two attached hydrogens (primary N) is 1. The molecule has 0 aliphatic carbocycles. The largest absolute Gasteiger partial charge is 0.397 e. The van der Waals surface area contributed by atoms with Crippen LogP contribution in [0.25, 0.3) is 0 Å². The van der Waals surface area contributed by atoms with Crippen LogP contribution in [0.1, 0.15) is 5.56 Å². The molecule has 4 nitrogen and oxygen atoms in total. The molecule has 2 aromatic carbocycles. The first kappa shape index (κ1) is 14.2. The minimum atomic E-state index is -3.87. The van der Waals surface area contributed by atoms with Crippen molar-refractivity contribution in [2.24, 2.45) is 0 Å².